The molecule has 1 heterocycles. The van der Waals surface area contributed by atoms with Gasteiger partial charge in [-0.15, -0.1) is 0 Å². The van der Waals surface area contributed by atoms with Crippen molar-refractivity contribution >= 4 is 5.69 Å². The van der Waals surface area contributed by atoms with E-state index in [0.29, 0.717) is 24.7 Å². The van der Waals surface area contributed by atoms with Crippen LogP contribution in [0, 0.1) is 6.92 Å². The van der Waals surface area contributed by atoms with Gasteiger partial charge in [-0.25, -0.2) is 4.98 Å². The Kier molecular flexibility index (Phi) is 3.85. The van der Waals surface area contributed by atoms with Gasteiger partial charge in [0.05, 0.1) is 7.11 Å². The van der Waals surface area contributed by atoms with E-state index in [4.69, 9.17) is 10.5 Å². The summed E-state index contributed by atoms with van der Waals surface area (Å²) in [5.41, 5.74) is 8.16. The molecule has 2 rings (SSSR count). The Labute approximate surface area is 111 Å². The zero-order chi connectivity index (χ0) is 13.8. The van der Waals surface area contributed by atoms with Crippen LogP contribution < -0.4 is 16.0 Å². The predicted octanol–water partition coefficient (Wildman–Crippen LogP) is 1.39. The minimum atomic E-state index is -0.112. The molecule has 0 unspecified atom stereocenters. The predicted molar refractivity (Wildman–Crippen MR) is 74.3 cm³/mol. The van der Waals surface area contributed by atoms with Crippen molar-refractivity contribution in [2.75, 3.05) is 12.8 Å². The van der Waals surface area contributed by atoms with Crippen molar-refractivity contribution in [3.63, 3.8) is 0 Å². The number of anilines is 1. The van der Waals surface area contributed by atoms with Gasteiger partial charge in [-0.1, -0.05) is 18.2 Å². The molecule has 0 amide bonds. The van der Waals surface area contributed by atoms with E-state index in [9.17, 15) is 4.79 Å². The lowest BCUT2D eigenvalue weighted by Crippen LogP contribution is -2.23. The van der Waals surface area contributed by atoms with Gasteiger partial charge in [0.25, 0.3) is 11.6 Å². The SMILES string of the molecule is COc1nc(C)cc(=O)n1CCc1ccccc1N. The molecule has 0 fully saturated rings. The molecule has 0 saturated heterocycles. The molecule has 5 heteroatoms. The van der Waals surface area contributed by atoms with E-state index < -0.39 is 0 Å². The number of ether oxygens (including phenoxy) is 1. The molecule has 1 aromatic carbocycles. The van der Waals surface area contributed by atoms with Crippen LogP contribution in [-0.4, -0.2) is 16.7 Å². The molecule has 0 spiro atoms. The van der Waals surface area contributed by atoms with E-state index in [2.05, 4.69) is 4.98 Å². The fourth-order valence-corrected chi connectivity index (χ4v) is 1.95. The highest BCUT2D eigenvalue weighted by atomic mass is 16.5. The van der Waals surface area contributed by atoms with Crippen molar-refractivity contribution in [3.05, 3.63) is 51.9 Å². The first kappa shape index (κ1) is 13.1. The monoisotopic (exact) mass is 259 g/mol. The van der Waals surface area contributed by atoms with Crippen LogP contribution in [0.4, 0.5) is 5.69 Å². The number of nitrogens with zero attached hydrogens (tertiary/aromatic N) is 2. The largest absolute Gasteiger partial charge is 0.468 e. The number of rotatable bonds is 4. The summed E-state index contributed by atoms with van der Waals surface area (Å²) in [6.45, 7) is 2.26. The number of nitrogens with two attached hydrogens (primary N) is 1. The molecular formula is C14H17N3O2. The summed E-state index contributed by atoms with van der Waals surface area (Å²) in [5, 5.41) is 0. The second-order valence-corrected chi connectivity index (χ2v) is 4.32. The maximum atomic E-state index is 11.9. The van der Waals surface area contributed by atoms with Gasteiger partial charge in [-0.05, 0) is 25.0 Å². The zero-order valence-corrected chi connectivity index (χ0v) is 11.1. The minimum Gasteiger partial charge on any atom is -0.468 e. The van der Waals surface area contributed by atoms with Crippen LogP contribution in [0.3, 0.4) is 0 Å². The van der Waals surface area contributed by atoms with E-state index in [1.807, 2.05) is 24.3 Å². The summed E-state index contributed by atoms with van der Waals surface area (Å²) in [6, 6.07) is 9.45. The average molecular weight is 259 g/mol. The first-order chi connectivity index (χ1) is 9.11. The van der Waals surface area contributed by atoms with Gasteiger partial charge < -0.3 is 10.5 Å². The number of hydrogen-bond donors (Lipinski definition) is 1. The molecule has 0 saturated carbocycles. The van der Waals surface area contributed by atoms with Gasteiger partial charge in [0.1, 0.15) is 0 Å². The summed E-state index contributed by atoms with van der Waals surface area (Å²) in [4.78, 5) is 16.1. The summed E-state index contributed by atoms with van der Waals surface area (Å²) < 4.78 is 6.66. The quantitative estimate of drug-likeness (QED) is 0.842. The topological polar surface area (TPSA) is 70.1 Å². The fraction of sp³-hybridized carbons (Fsp3) is 0.286. The van der Waals surface area contributed by atoms with Gasteiger partial charge >= 0.3 is 0 Å². The van der Waals surface area contributed by atoms with E-state index in [1.54, 1.807) is 6.92 Å². The molecule has 2 N–H and O–H groups in total. The number of nitrogen functional groups attached to an aromatic ring is 1. The van der Waals surface area contributed by atoms with Gasteiger partial charge in [-0.3, -0.25) is 9.36 Å². The lowest BCUT2D eigenvalue weighted by Gasteiger charge is -2.11. The molecule has 0 aliphatic rings. The van der Waals surface area contributed by atoms with Crippen molar-refractivity contribution in [1.82, 2.24) is 9.55 Å². The summed E-state index contributed by atoms with van der Waals surface area (Å²) in [6.07, 6.45) is 0.660. The Hall–Kier alpha value is -2.30. The van der Waals surface area contributed by atoms with Crippen molar-refractivity contribution in [2.24, 2.45) is 0 Å². The minimum absolute atomic E-state index is 0.112. The Morgan fingerprint density at radius 2 is 2.11 bits per heavy atom. The maximum absolute atomic E-state index is 11.9. The number of benzene rings is 1. The molecule has 0 aliphatic carbocycles. The molecule has 19 heavy (non-hydrogen) atoms. The molecular weight excluding hydrogens is 242 g/mol. The third kappa shape index (κ3) is 2.93. The number of para-hydroxylation sites is 1. The standard InChI is InChI=1S/C14H17N3O2/c1-10-9-13(18)17(14(16-10)19-2)8-7-11-5-3-4-6-12(11)15/h3-6,9H,7-8,15H2,1-2H3. The smallest absolute Gasteiger partial charge is 0.299 e. The molecule has 2 aromatic rings. The van der Waals surface area contributed by atoms with Gasteiger partial charge in [0.2, 0.25) is 0 Å². The number of aromatic nitrogens is 2. The molecule has 0 aliphatic heterocycles. The molecule has 0 atom stereocenters. The van der Waals surface area contributed by atoms with E-state index in [1.165, 1.54) is 17.7 Å². The van der Waals surface area contributed by atoms with E-state index in [0.717, 1.165) is 11.3 Å². The van der Waals surface area contributed by atoms with Crippen LogP contribution in [0.15, 0.2) is 35.1 Å². The van der Waals surface area contributed by atoms with Gasteiger partial charge in [0, 0.05) is 24.0 Å². The molecule has 5 nitrogen and oxygen atoms in total. The highest BCUT2D eigenvalue weighted by Gasteiger charge is 2.08. The summed E-state index contributed by atoms with van der Waals surface area (Å²) in [5.74, 6) is 0. The molecule has 1 aromatic heterocycles. The van der Waals surface area contributed by atoms with Crippen molar-refractivity contribution in [3.8, 4) is 6.01 Å². The highest BCUT2D eigenvalue weighted by Crippen LogP contribution is 2.13. The van der Waals surface area contributed by atoms with Crippen molar-refractivity contribution in [1.29, 1.82) is 0 Å². The Bertz CT molecular complexity index is 635. The number of hydrogen-bond acceptors (Lipinski definition) is 4. The molecule has 0 radical (unpaired) electrons. The summed E-state index contributed by atoms with van der Waals surface area (Å²) in [7, 11) is 1.51. The fourth-order valence-electron chi connectivity index (χ4n) is 1.95. The van der Waals surface area contributed by atoms with Crippen LogP contribution in [0.5, 0.6) is 6.01 Å². The number of aryl methyl sites for hydroxylation is 2. The van der Waals surface area contributed by atoms with Crippen LogP contribution >= 0.6 is 0 Å². The van der Waals surface area contributed by atoms with Crippen LogP contribution in [-0.2, 0) is 13.0 Å². The van der Waals surface area contributed by atoms with E-state index in [-0.39, 0.29) is 5.56 Å². The van der Waals surface area contributed by atoms with Crippen LogP contribution in [0.25, 0.3) is 0 Å². The lowest BCUT2D eigenvalue weighted by atomic mass is 10.1. The van der Waals surface area contributed by atoms with Gasteiger partial charge in [-0.2, -0.15) is 0 Å². The average Bonchev–Trinajstić information content (AvgIpc) is 2.38. The third-order valence-corrected chi connectivity index (χ3v) is 2.94. The number of methoxy groups -OCH3 is 1. The second kappa shape index (κ2) is 5.56. The first-order valence-corrected chi connectivity index (χ1v) is 6.07. The maximum Gasteiger partial charge on any atom is 0.299 e. The lowest BCUT2D eigenvalue weighted by molar-refractivity contribution is 0.344. The molecule has 0 bridgehead atoms. The van der Waals surface area contributed by atoms with Crippen LogP contribution in [0.2, 0.25) is 0 Å². The van der Waals surface area contributed by atoms with Crippen molar-refractivity contribution in [2.45, 2.75) is 19.9 Å². The highest BCUT2D eigenvalue weighted by molar-refractivity contribution is 5.46. The Balaban J connectivity index is 2.25. The van der Waals surface area contributed by atoms with Gasteiger partial charge in [0.15, 0.2) is 0 Å². The van der Waals surface area contributed by atoms with Crippen molar-refractivity contribution < 1.29 is 4.74 Å². The molecule has 100 valence electrons. The summed E-state index contributed by atoms with van der Waals surface area (Å²) >= 11 is 0. The normalized spacial score (nSPS) is 10.4. The second-order valence-electron chi connectivity index (χ2n) is 4.32. The first-order valence-electron chi connectivity index (χ1n) is 6.07. The Morgan fingerprint density at radius 3 is 2.79 bits per heavy atom. The third-order valence-electron chi connectivity index (χ3n) is 2.94. The zero-order valence-electron chi connectivity index (χ0n) is 11.1. The van der Waals surface area contributed by atoms with Crippen LogP contribution in [0.1, 0.15) is 11.3 Å². The Morgan fingerprint density at radius 1 is 1.37 bits per heavy atom. The van der Waals surface area contributed by atoms with E-state index >= 15 is 0 Å².